The Kier molecular flexibility index (Phi) is 5.06. The zero-order valence-electron chi connectivity index (χ0n) is 7.45. The topological polar surface area (TPSA) is 64.3 Å². The van der Waals surface area contributed by atoms with Crippen LogP contribution in [-0.4, -0.2) is 35.6 Å². The maximum absolute atomic E-state index is 10.7. The Labute approximate surface area is 72.4 Å². The highest BCUT2D eigenvalue weighted by Crippen LogP contribution is 2.04. The molecule has 1 unspecified atom stereocenters. The lowest BCUT2D eigenvalue weighted by Crippen LogP contribution is -2.38. The molecule has 0 aromatic rings. The van der Waals surface area contributed by atoms with Crippen LogP contribution in [0.2, 0.25) is 0 Å². The number of nitrogens with zero attached hydrogens (tertiary/aromatic N) is 2. The van der Waals surface area contributed by atoms with Crippen molar-refractivity contribution in [1.82, 2.24) is 4.90 Å². The number of hydrogen-bond donors (Lipinski definition) is 1. The fourth-order valence-electron chi connectivity index (χ4n) is 1.03. The van der Waals surface area contributed by atoms with E-state index in [0.29, 0.717) is 6.42 Å². The van der Waals surface area contributed by atoms with E-state index in [2.05, 4.69) is 0 Å². The van der Waals surface area contributed by atoms with Gasteiger partial charge in [0.05, 0.1) is 12.6 Å². The van der Waals surface area contributed by atoms with Gasteiger partial charge >= 0.3 is 5.97 Å². The smallest absolute Gasteiger partial charge is 0.320 e. The molecule has 68 valence electrons. The summed E-state index contributed by atoms with van der Waals surface area (Å²) >= 11 is 0. The molecule has 4 heteroatoms. The molecule has 0 fully saturated rings. The van der Waals surface area contributed by atoms with E-state index in [1.807, 2.05) is 13.0 Å². The fraction of sp³-hybridized carbons (Fsp3) is 0.750. The second kappa shape index (κ2) is 5.56. The average molecular weight is 170 g/mol. The molecular formula is C8H14N2O2. The zero-order valence-corrected chi connectivity index (χ0v) is 7.45. The molecule has 0 heterocycles. The fourth-order valence-corrected chi connectivity index (χ4v) is 1.03. The Hall–Kier alpha value is -1.08. The molecule has 1 atom stereocenters. The van der Waals surface area contributed by atoms with Crippen molar-refractivity contribution in [3.8, 4) is 6.07 Å². The minimum atomic E-state index is -0.852. The van der Waals surface area contributed by atoms with E-state index >= 15 is 0 Å². The van der Waals surface area contributed by atoms with E-state index in [4.69, 9.17) is 10.4 Å². The number of likely N-dealkylation sites (N-methyl/N-ethyl adjacent to an activating group) is 1. The largest absolute Gasteiger partial charge is 0.480 e. The van der Waals surface area contributed by atoms with Crippen LogP contribution in [-0.2, 0) is 4.79 Å². The summed E-state index contributed by atoms with van der Waals surface area (Å²) in [5.41, 5.74) is 0. The molecule has 0 radical (unpaired) electrons. The summed E-state index contributed by atoms with van der Waals surface area (Å²) < 4.78 is 0. The third-order valence-electron chi connectivity index (χ3n) is 1.70. The average Bonchev–Trinajstić information content (AvgIpc) is 1.99. The van der Waals surface area contributed by atoms with Crippen LogP contribution in [0.15, 0.2) is 0 Å². The number of nitriles is 1. The Morgan fingerprint density at radius 1 is 1.75 bits per heavy atom. The lowest BCUT2D eigenvalue weighted by Gasteiger charge is -2.20. The Morgan fingerprint density at radius 3 is 2.67 bits per heavy atom. The SMILES string of the molecule is CCCC(C(=O)O)N(C)CC#N. The summed E-state index contributed by atoms with van der Waals surface area (Å²) in [6.45, 7) is 2.09. The molecule has 0 saturated carbocycles. The van der Waals surface area contributed by atoms with E-state index in [1.165, 1.54) is 0 Å². The molecule has 0 aromatic heterocycles. The van der Waals surface area contributed by atoms with E-state index in [-0.39, 0.29) is 6.54 Å². The first-order valence-electron chi connectivity index (χ1n) is 3.93. The molecule has 0 spiro atoms. The number of carbonyl (C=O) groups is 1. The van der Waals surface area contributed by atoms with Crippen molar-refractivity contribution in [2.24, 2.45) is 0 Å². The first-order valence-corrected chi connectivity index (χ1v) is 3.93. The number of carboxylic acid groups (broad SMARTS) is 1. The molecule has 0 aromatic carbocycles. The van der Waals surface area contributed by atoms with Crippen molar-refractivity contribution >= 4 is 5.97 Å². The van der Waals surface area contributed by atoms with Gasteiger partial charge in [-0.25, -0.2) is 0 Å². The first-order chi connectivity index (χ1) is 5.63. The highest BCUT2D eigenvalue weighted by Gasteiger charge is 2.20. The maximum atomic E-state index is 10.7. The van der Waals surface area contributed by atoms with Crippen molar-refractivity contribution in [2.75, 3.05) is 13.6 Å². The molecule has 12 heavy (non-hydrogen) atoms. The highest BCUT2D eigenvalue weighted by atomic mass is 16.4. The summed E-state index contributed by atoms with van der Waals surface area (Å²) in [5.74, 6) is -0.852. The second-order valence-electron chi connectivity index (χ2n) is 2.72. The summed E-state index contributed by atoms with van der Waals surface area (Å²) in [4.78, 5) is 12.2. The molecule has 0 saturated heterocycles. The van der Waals surface area contributed by atoms with Gasteiger partial charge in [-0.1, -0.05) is 13.3 Å². The van der Waals surface area contributed by atoms with Crippen LogP contribution in [0.25, 0.3) is 0 Å². The number of rotatable bonds is 5. The van der Waals surface area contributed by atoms with Crippen LogP contribution < -0.4 is 0 Å². The van der Waals surface area contributed by atoms with Gasteiger partial charge in [0.2, 0.25) is 0 Å². The third-order valence-corrected chi connectivity index (χ3v) is 1.70. The molecule has 0 aliphatic rings. The van der Waals surface area contributed by atoms with Gasteiger partial charge in [-0.15, -0.1) is 0 Å². The number of hydrogen-bond acceptors (Lipinski definition) is 3. The van der Waals surface area contributed by atoms with E-state index in [9.17, 15) is 4.79 Å². The predicted molar refractivity (Wildman–Crippen MR) is 44.6 cm³/mol. The van der Waals surface area contributed by atoms with Crippen molar-refractivity contribution in [1.29, 1.82) is 5.26 Å². The van der Waals surface area contributed by atoms with Gasteiger partial charge < -0.3 is 5.11 Å². The van der Waals surface area contributed by atoms with Crippen LogP contribution in [0.4, 0.5) is 0 Å². The summed E-state index contributed by atoms with van der Waals surface area (Å²) in [5, 5.41) is 17.1. The lowest BCUT2D eigenvalue weighted by atomic mass is 10.1. The third kappa shape index (κ3) is 3.35. The van der Waals surface area contributed by atoms with Crippen LogP contribution in [0, 0.1) is 11.3 Å². The number of carboxylic acids is 1. The Morgan fingerprint density at radius 2 is 2.33 bits per heavy atom. The van der Waals surface area contributed by atoms with Crippen molar-refractivity contribution < 1.29 is 9.90 Å². The minimum Gasteiger partial charge on any atom is -0.480 e. The van der Waals surface area contributed by atoms with Crippen LogP contribution >= 0.6 is 0 Å². The highest BCUT2D eigenvalue weighted by molar-refractivity contribution is 5.73. The van der Waals surface area contributed by atoms with Gasteiger partial charge in [0, 0.05) is 0 Å². The van der Waals surface area contributed by atoms with Gasteiger partial charge in [-0.3, -0.25) is 9.69 Å². The predicted octanol–water partition coefficient (Wildman–Crippen LogP) is 0.695. The maximum Gasteiger partial charge on any atom is 0.320 e. The Balaban J connectivity index is 4.10. The Bertz CT molecular complexity index is 186. The van der Waals surface area contributed by atoms with E-state index in [1.54, 1.807) is 11.9 Å². The molecule has 0 aliphatic carbocycles. The monoisotopic (exact) mass is 170 g/mol. The van der Waals surface area contributed by atoms with Gasteiger partial charge in [-0.2, -0.15) is 5.26 Å². The van der Waals surface area contributed by atoms with E-state index < -0.39 is 12.0 Å². The van der Waals surface area contributed by atoms with Gasteiger partial charge in [0.1, 0.15) is 6.04 Å². The molecule has 4 nitrogen and oxygen atoms in total. The molecule has 1 N–H and O–H groups in total. The molecule has 0 amide bonds. The summed E-state index contributed by atoms with van der Waals surface area (Å²) in [7, 11) is 1.65. The molecular weight excluding hydrogens is 156 g/mol. The lowest BCUT2D eigenvalue weighted by molar-refractivity contribution is -0.142. The standard InChI is InChI=1S/C8H14N2O2/c1-3-4-7(8(11)12)10(2)6-5-9/h7H,3-4,6H2,1-2H3,(H,11,12). The van der Waals surface area contributed by atoms with Crippen molar-refractivity contribution in [3.05, 3.63) is 0 Å². The zero-order chi connectivity index (χ0) is 9.56. The quantitative estimate of drug-likeness (QED) is 0.617. The minimum absolute atomic E-state index is 0.164. The van der Waals surface area contributed by atoms with Crippen molar-refractivity contribution in [3.63, 3.8) is 0 Å². The van der Waals surface area contributed by atoms with Crippen LogP contribution in [0.5, 0.6) is 0 Å². The number of aliphatic carboxylic acids is 1. The summed E-state index contributed by atoms with van der Waals surface area (Å²) in [6, 6.07) is 1.40. The molecule has 0 aliphatic heterocycles. The normalized spacial score (nSPS) is 12.5. The van der Waals surface area contributed by atoms with Gasteiger partial charge in [-0.05, 0) is 13.5 Å². The molecule has 0 bridgehead atoms. The van der Waals surface area contributed by atoms with Crippen LogP contribution in [0.1, 0.15) is 19.8 Å². The van der Waals surface area contributed by atoms with Crippen molar-refractivity contribution in [2.45, 2.75) is 25.8 Å². The van der Waals surface area contributed by atoms with E-state index in [0.717, 1.165) is 6.42 Å². The summed E-state index contributed by atoms with van der Waals surface area (Å²) in [6.07, 6.45) is 1.40. The van der Waals surface area contributed by atoms with Gasteiger partial charge in [0.15, 0.2) is 0 Å². The first kappa shape index (κ1) is 10.9. The van der Waals surface area contributed by atoms with Gasteiger partial charge in [0.25, 0.3) is 0 Å². The second-order valence-corrected chi connectivity index (χ2v) is 2.72. The van der Waals surface area contributed by atoms with Crippen LogP contribution in [0.3, 0.4) is 0 Å². The molecule has 0 rings (SSSR count).